The summed E-state index contributed by atoms with van der Waals surface area (Å²) >= 11 is 1.55. The Kier molecular flexibility index (Phi) is 3.70. The third-order valence-electron chi connectivity index (χ3n) is 3.79. The minimum Gasteiger partial charge on any atom is -0.331 e. The monoisotopic (exact) mass is 327 g/mol. The van der Waals surface area contributed by atoms with Gasteiger partial charge in [-0.25, -0.2) is 4.98 Å². The van der Waals surface area contributed by atoms with Gasteiger partial charge in [-0.05, 0) is 35.0 Å². The highest BCUT2D eigenvalue weighted by molar-refractivity contribution is 7.14. The molecule has 1 aromatic heterocycles. The zero-order chi connectivity index (χ0) is 16.4. The number of rotatable bonds is 3. The van der Waals surface area contributed by atoms with Gasteiger partial charge >= 0.3 is 0 Å². The molecule has 0 spiro atoms. The molecule has 4 heteroatoms. The molecule has 0 aliphatic rings. The second-order valence-electron chi connectivity index (χ2n) is 5.42. The van der Waals surface area contributed by atoms with E-state index in [0.717, 1.165) is 22.1 Å². The van der Waals surface area contributed by atoms with Crippen molar-refractivity contribution in [2.75, 3.05) is 5.32 Å². The second kappa shape index (κ2) is 6.15. The molecule has 4 rings (SSSR count). The molecule has 24 heavy (non-hydrogen) atoms. The fourth-order valence-corrected chi connectivity index (χ4v) is 3.34. The standard InChI is InChI=1S/C20H13N3S/c21-12-14-4-3-7-18(10-14)22-20-23-19(13-24-20)17-9-8-15-5-1-2-6-16(15)11-17/h1-11,13H,(H,22,23). The van der Waals surface area contributed by atoms with Crippen LogP contribution < -0.4 is 5.32 Å². The summed E-state index contributed by atoms with van der Waals surface area (Å²) in [5.41, 5.74) is 3.55. The summed E-state index contributed by atoms with van der Waals surface area (Å²) < 4.78 is 0. The molecule has 0 atom stereocenters. The lowest BCUT2D eigenvalue weighted by molar-refractivity contribution is 1.38. The fourth-order valence-electron chi connectivity index (χ4n) is 2.60. The van der Waals surface area contributed by atoms with Crippen LogP contribution in [0.15, 0.2) is 72.1 Å². The quantitative estimate of drug-likeness (QED) is 0.534. The number of nitrogens with one attached hydrogen (secondary N) is 1. The van der Waals surface area contributed by atoms with Crippen LogP contribution in [-0.2, 0) is 0 Å². The molecule has 0 saturated heterocycles. The maximum atomic E-state index is 8.98. The number of benzene rings is 3. The van der Waals surface area contributed by atoms with Crippen LogP contribution in [-0.4, -0.2) is 4.98 Å². The summed E-state index contributed by atoms with van der Waals surface area (Å²) in [7, 11) is 0. The average molecular weight is 327 g/mol. The summed E-state index contributed by atoms with van der Waals surface area (Å²) in [4.78, 5) is 4.66. The third-order valence-corrected chi connectivity index (χ3v) is 4.55. The molecular weight excluding hydrogens is 314 g/mol. The minimum absolute atomic E-state index is 0.631. The highest BCUT2D eigenvalue weighted by Gasteiger charge is 2.06. The first-order valence-corrected chi connectivity index (χ1v) is 8.42. The number of fused-ring (bicyclic) bond motifs is 1. The Morgan fingerprint density at radius 3 is 2.67 bits per heavy atom. The van der Waals surface area contributed by atoms with E-state index in [9.17, 15) is 0 Å². The molecule has 4 aromatic rings. The van der Waals surface area contributed by atoms with E-state index in [2.05, 4.69) is 46.7 Å². The van der Waals surface area contributed by atoms with Gasteiger partial charge in [0.05, 0.1) is 17.3 Å². The zero-order valence-corrected chi connectivity index (χ0v) is 13.5. The van der Waals surface area contributed by atoms with Crippen molar-refractivity contribution < 1.29 is 0 Å². The van der Waals surface area contributed by atoms with Gasteiger partial charge in [-0.15, -0.1) is 11.3 Å². The van der Waals surface area contributed by atoms with Crippen LogP contribution in [0.1, 0.15) is 5.56 Å². The molecular formula is C20H13N3S. The van der Waals surface area contributed by atoms with Gasteiger partial charge < -0.3 is 5.32 Å². The number of nitriles is 1. The molecule has 0 aliphatic carbocycles. The Labute approximate surface area is 143 Å². The van der Waals surface area contributed by atoms with Crippen LogP contribution >= 0.6 is 11.3 Å². The van der Waals surface area contributed by atoms with Crippen molar-refractivity contribution in [3.8, 4) is 17.3 Å². The first-order valence-electron chi connectivity index (χ1n) is 7.54. The largest absolute Gasteiger partial charge is 0.331 e. The third kappa shape index (κ3) is 2.85. The number of anilines is 2. The predicted molar refractivity (Wildman–Crippen MR) is 99.5 cm³/mol. The van der Waals surface area contributed by atoms with E-state index in [1.807, 2.05) is 35.7 Å². The maximum Gasteiger partial charge on any atom is 0.187 e. The molecule has 0 amide bonds. The highest BCUT2D eigenvalue weighted by Crippen LogP contribution is 2.29. The maximum absolute atomic E-state index is 8.98. The van der Waals surface area contributed by atoms with E-state index in [1.54, 1.807) is 17.4 Å². The number of thiazole rings is 1. The Hall–Kier alpha value is -3.16. The molecule has 0 bridgehead atoms. The average Bonchev–Trinajstić information content (AvgIpc) is 3.10. The molecule has 1 heterocycles. The Morgan fingerprint density at radius 2 is 1.79 bits per heavy atom. The van der Waals surface area contributed by atoms with Gasteiger partial charge in [0.15, 0.2) is 5.13 Å². The lowest BCUT2D eigenvalue weighted by Crippen LogP contribution is -1.90. The smallest absolute Gasteiger partial charge is 0.187 e. The van der Waals surface area contributed by atoms with Crippen LogP contribution in [0.2, 0.25) is 0 Å². The van der Waals surface area contributed by atoms with Gasteiger partial charge in [-0.2, -0.15) is 5.26 Å². The van der Waals surface area contributed by atoms with Gasteiger partial charge in [0, 0.05) is 16.6 Å². The molecule has 0 aliphatic heterocycles. The van der Waals surface area contributed by atoms with E-state index in [-0.39, 0.29) is 0 Å². The normalized spacial score (nSPS) is 10.5. The lowest BCUT2D eigenvalue weighted by atomic mass is 10.1. The van der Waals surface area contributed by atoms with Gasteiger partial charge in [-0.3, -0.25) is 0 Å². The topological polar surface area (TPSA) is 48.7 Å². The Morgan fingerprint density at radius 1 is 0.917 bits per heavy atom. The molecule has 3 nitrogen and oxygen atoms in total. The molecule has 1 N–H and O–H groups in total. The minimum atomic E-state index is 0.631. The number of aromatic nitrogens is 1. The molecule has 0 unspecified atom stereocenters. The van der Waals surface area contributed by atoms with Crippen molar-refractivity contribution in [1.29, 1.82) is 5.26 Å². The van der Waals surface area contributed by atoms with E-state index >= 15 is 0 Å². The highest BCUT2D eigenvalue weighted by atomic mass is 32.1. The van der Waals surface area contributed by atoms with Crippen molar-refractivity contribution in [1.82, 2.24) is 4.98 Å². The molecule has 0 saturated carbocycles. The SMILES string of the molecule is N#Cc1cccc(Nc2nc(-c3ccc4ccccc4c3)cs2)c1. The number of hydrogen-bond acceptors (Lipinski definition) is 4. The summed E-state index contributed by atoms with van der Waals surface area (Å²) in [6.07, 6.45) is 0. The van der Waals surface area contributed by atoms with Gasteiger partial charge in [0.2, 0.25) is 0 Å². The van der Waals surface area contributed by atoms with Gasteiger partial charge in [0.1, 0.15) is 0 Å². The molecule has 0 radical (unpaired) electrons. The first kappa shape index (κ1) is 14.4. The van der Waals surface area contributed by atoms with Crippen molar-refractivity contribution in [3.05, 3.63) is 77.7 Å². The van der Waals surface area contributed by atoms with Crippen molar-refractivity contribution >= 4 is 32.9 Å². The summed E-state index contributed by atoms with van der Waals surface area (Å²) in [6.45, 7) is 0. The van der Waals surface area contributed by atoms with Crippen LogP contribution in [0.4, 0.5) is 10.8 Å². The van der Waals surface area contributed by atoms with Gasteiger partial charge in [-0.1, -0.05) is 42.5 Å². The molecule has 114 valence electrons. The van der Waals surface area contributed by atoms with Crippen molar-refractivity contribution in [2.24, 2.45) is 0 Å². The van der Waals surface area contributed by atoms with Crippen LogP contribution in [0.5, 0.6) is 0 Å². The van der Waals surface area contributed by atoms with Crippen LogP contribution in [0.3, 0.4) is 0 Å². The molecule has 3 aromatic carbocycles. The van der Waals surface area contributed by atoms with E-state index < -0.39 is 0 Å². The lowest BCUT2D eigenvalue weighted by Gasteiger charge is -2.03. The van der Waals surface area contributed by atoms with E-state index in [0.29, 0.717) is 5.56 Å². The second-order valence-corrected chi connectivity index (χ2v) is 6.28. The molecule has 0 fully saturated rings. The predicted octanol–water partition coefficient (Wildman–Crippen LogP) is 5.58. The number of hydrogen-bond donors (Lipinski definition) is 1. The van der Waals surface area contributed by atoms with Crippen molar-refractivity contribution in [2.45, 2.75) is 0 Å². The van der Waals surface area contributed by atoms with Gasteiger partial charge in [0.25, 0.3) is 0 Å². The van der Waals surface area contributed by atoms with E-state index in [4.69, 9.17) is 5.26 Å². The zero-order valence-electron chi connectivity index (χ0n) is 12.7. The Balaban J connectivity index is 1.62. The Bertz CT molecular complexity index is 1060. The van der Waals surface area contributed by atoms with E-state index in [1.165, 1.54) is 10.8 Å². The number of nitrogens with zero attached hydrogens (tertiary/aromatic N) is 2. The fraction of sp³-hybridized carbons (Fsp3) is 0. The first-order chi connectivity index (χ1) is 11.8. The summed E-state index contributed by atoms with van der Waals surface area (Å²) in [5.74, 6) is 0. The van der Waals surface area contributed by atoms with Crippen LogP contribution in [0.25, 0.3) is 22.0 Å². The van der Waals surface area contributed by atoms with Crippen LogP contribution in [0, 0.1) is 11.3 Å². The summed E-state index contributed by atoms with van der Waals surface area (Å²) in [5, 5.41) is 17.5. The summed E-state index contributed by atoms with van der Waals surface area (Å²) in [6, 6.07) is 24.2. The van der Waals surface area contributed by atoms with Crippen molar-refractivity contribution in [3.63, 3.8) is 0 Å².